The number of carbonyl (C=O) groups excluding carboxylic acids is 2. The molecule has 0 heterocycles. The molecule has 1 aliphatic rings. The van der Waals surface area contributed by atoms with Gasteiger partial charge in [0.1, 0.15) is 5.76 Å². The predicted octanol–water partition coefficient (Wildman–Crippen LogP) is 3.22. The van der Waals surface area contributed by atoms with Gasteiger partial charge in [-0.1, -0.05) is 42.5 Å². The molecule has 4 heteroatoms. The molecule has 1 aliphatic carbocycles. The molecule has 1 aromatic rings. The predicted molar refractivity (Wildman–Crippen MR) is 84.0 cm³/mol. The summed E-state index contributed by atoms with van der Waals surface area (Å²) in [6.07, 6.45) is 6.96. The lowest BCUT2D eigenvalue weighted by molar-refractivity contribution is -0.141. The van der Waals surface area contributed by atoms with Gasteiger partial charge in [-0.15, -0.1) is 0 Å². The van der Waals surface area contributed by atoms with E-state index in [-0.39, 0.29) is 29.5 Å². The second-order valence-corrected chi connectivity index (χ2v) is 5.02. The third kappa shape index (κ3) is 3.95. The molecule has 4 nitrogen and oxygen atoms in total. The van der Waals surface area contributed by atoms with Gasteiger partial charge in [0.25, 0.3) is 0 Å². The van der Waals surface area contributed by atoms with Crippen LogP contribution in [0.4, 0.5) is 0 Å². The maximum atomic E-state index is 12.0. The first-order valence-corrected chi connectivity index (χ1v) is 7.05. The van der Waals surface area contributed by atoms with Crippen LogP contribution in [0, 0.1) is 5.92 Å². The zero-order chi connectivity index (χ0) is 15.9. The maximum Gasteiger partial charge on any atom is 0.306 e. The van der Waals surface area contributed by atoms with Gasteiger partial charge in [0.15, 0.2) is 5.78 Å². The van der Waals surface area contributed by atoms with Gasteiger partial charge >= 0.3 is 5.97 Å². The summed E-state index contributed by atoms with van der Waals surface area (Å²) < 4.78 is 4.65. The lowest BCUT2D eigenvalue weighted by atomic mass is 9.84. The van der Waals surface area contributed by atoms with E-state index in [9.17, 15) is 14.7 Å². The van der Waals surface area contributed by atoms with E-state index in [0.717, 1.165) is 5.56 Å². The number of ether oxygens (including phenoxy) is 1. The fourth-order valence-electron chi connectivity index (χ4n) is 2.38. The van der Waals surface area contributed by atoms with Gasteiger partial charge in [0.05, 0.1) is 13.5 Å². The lowest BCUT2D eigenvalue weighted by Crippen LogP contribution is -2.20. The molecule has 1 atom stereocenters. The van der Waals surface area contributed by atoms with Gasteiger partial charge in [-0.3, -0.25) is 9.59 Å². The maximum absolute atomic E-state index is 12.0. The summed E-state index contributed by atoms with van der Waals surface area (Å²) in [5, 5.41) is 10.2. The Kier molecular flexibility index (Phi) is 5.31. The number of esters is 1. The molecule has 0 saturated carbocycles. The van der Waals surface area contributed by atoms with Crippen molar-refractivity contribution in [3.63, 3.8) is 0 Å². The van der Waals surface area contributed by atoms with Gasteiger partial charge in [-0.05, 0) is 24.1 Å². The molecule has 2 rings (SSSR count). The molecule has 1 aromatic carbocycles. The molecule has 0 aromatic heterocycles. The van der Waals surface area contributed by atoms with Crippen LogP contribution in [-0.4, -0.2) is 24.0 Å². The van der Waals surface area contributed by atoms with Crippen LogP contribution in [0.15, 0.2) is 59.9 Å². The summed E-state index contributed by atoms with van der Waals surface area (Å²) in [5.74, 6) is -1.13. The van der Waals surface area contributed by atoms with Crippen molar-refractivity contribution < 1.29 is 19.4 Å². The average Bonchev–Trinajstić information content (AvgIpc) is 2.53. The number of hydrogen-bond donors (Lipinski definition) is 1. The first-order chi connectivity index (χ1) is 10.6. The Balaban J connectivity index is 2.26. The third-order valence-corrected chi connectivity index (χ3v) is 3.51. The van der Waals surface area contributed by atoms with Gasteiger partial charge in [-0.2, -0.15) is 0 Å². The number of methoxy groups -OCH3 is 1. The quantitative estimate of drug-likeness (QED) is 0.526. The topological polar surface area (TPSA) is 63.6 Å². The van der Waals surface area contributed by atoms with Gasteiger partial charge in [0.2, 0.25) is 0 Å². The van der Waals surface area contributed by atoms with E-state index in [1.165, 1.54) is 19.3 Å². The zero-order valence-corrected chi connectivity index (χ0v) is 12.4. The Hall–Kier alpha value is -2.62. The van der Waals surface area contributed by atoms with Crippen LogP contribution in [0.1, 0.15) is 18.4 Å². The molecule has 0 fully saturated rings. The van der Waals surface area contributed by atoms with Crippen molar-refractivity contribution in [2.45, 2.75) is 12.8 Å². The highest BCUT2D eigenvalue weighted by Crippen LogP contribution is 2.28. The summed E-state index contributed by atoms with van der Waals surface area (Å²) in [6, 6.07) is 9.46. The first kappa shape index (κ1) is 15.8. The third-order valence-electron chi connectivity index (χ3n) is 3.51. The van der Waals surface area contributed by atoms with Crippen molar-refractivity contribution in [1.29, 1.82) is 0 Å². The van der Waals surface area contributed by atoms with Crippen LogP contribution in [-0.2, 0) is 14.3 Å². The van der Waals surface area contributed by atoms with Crippen molar-refractivity contribution in [3.8, 4) is 0 Å². The summed E-state index contributed by atoms with van der Waals surface area (Å²) >= 11 is 0. The highest BCUT2D eigenvalue weighted by atomic mass is 16.5. The van der Waals surface area contributed by atoms with E-state index in [4.69, 9.17) is 0 Å². The number of ketones is 1. The minimum absolute atomic E-state index is 0.0746. The summed E-state index contributed by atoms with van der Waals surface area (Å²) in [6.45, 7) is 0. The normalized spacial score (nSPS) is 20.2. The summed E-state index contributed by atoms with van der Waals surface area (Å²) in [5.41, 5.74) is 1.18. The Morgan fingerprint density at radius 1 is 1.36 bits per heavy atom. The van der Waals surface area contributed by atoms with Crippen LogP contribution in [0.2, 0.25) is 0 Å². The van der Waals surface area contributed by atoms with Crippen LogP contribution < -0.4 is 0 Å². The zero-order valence-electron chi connectivity index (χ0n) is 12.4. The second kappa shape index (κ2) is 7.41. The number of hydrogen-bond acceptors (Lipinski definition) is 4. The number of benzene rings is 1. The van der Waals surface area contributed by atoms with E-state index < -0.39 is 5.97 Å². The monoisotopic (exact) mass is 298 g/mol. The van der Waals surface area contributed by atoms with Crippen LogP contribution in [0.5, 0.6) is 0 Å². The molecule has 0 aliphatic heterocycles. The van der Waals surface area contributed by atoms with Crippen molar-refractivity contribution in [3.05, 3.63) is 65.5 Å². The van der Waals surface area contributed by atoms with Crippen molar-refractivity contribution in [1.82, 2.24) is 0 Å². The van der Waals surface area contributed by atoms with Crippen LogP contribution in [0.3, 0.4) is 0 Å². The summed E-state index contributed by atoms with van der Waals surface area (Å²) in [4.78, 5) is 23.5. The summed E-state index contributed by atoms with van der Waals surface area (Å²) in [7, 11) is 1.31. The van der Waals surface area contributed by atoms with E-state index in [1.54, 1.807) is 12.2 Å². The van der Waals surface area contributed by atoms with Gasteiger partial charge in [0, 0.05) is 11.5 Å². The van der Waals surface area contributed by atoms with Crippen molar-refractivity contribution in [2.75, 3.05) is 7.11 Å². The fraction of sp³-hybridized carbons (Fsp3) is 0.222. The molecule has 22 heavy (non-hydrogen) atoms. The molecule has 0 unspecified atom stereocenters. The standard InChI is InChI=1S/C18H18O4/c1-22-17(21)12-14-8-5-9-15(19)18(14)16(20)11-10-13-6-3-2-4-7-13/h2-7,9-11,14,20H,8,12H2,1H3/b11-10+,18-16-/t14-/m1/s1. The fourth-order valence-corrected chi connectivity index (χ4v) is 2.38. The Morgan fingerprint density at radius 2 is 2.09 bits per heavy atom. The number of aliphatic hydroxyl groups excluding tert-OH is 1. The smallest absolute Gasteiger partial charge is 0.306 e. The van der Waals surface area contributed by atoms with Crippen LogP contribution >= 0.6 is 0 Å². The largest absolute Gasteiger partial charge is 0.508 e. The number of rotatable bonds is 4. The molecular formula is C18H18O4. The van der Waals surface area contributed by atoms with E-state index in [1.807, 2.05) is 30.3 Å². The van der Waals surface area contributed by atoms with Crippen LogP contribution in [0.25, 0.3) is 6.08 Å². The number of aliphatic hydroxyl groups is 1. The first-order valence-electron chi connectivity index (χ1n) is 7.05. The second-order valence-electron chi connectivity index (χ2n) is 5.02. The lowest BCUT2D eigenvalue weighted by Gasteiger charge is -2.20. The Morgan fingerprint density at radius 3 is 2.77 bits per heavy atom. The molecule has 1 N–H and O–H groups in total. The highest BCUT2D eigenvalue weighted by molar-refractivity contribution is 6.06. The minimum atomic E-state index is -0.398. The number of carbonyl (C=O) groups is 2. The van der Waals surface area contributed by atoms with Gasteiger partial charge < -0.3 is 9.84 Å². The Labute approximate surface area is 129 Å². The molecule has 0 spiro atoms. The van der Waals surface area contributed by atoms with E-state index in [0.29, 0.717) is 6.42 Å². The molecular weight excluding hydrogens is 280 g/mol. The molecule has 0 bridgehead atoms. The Bertz CT molecular complexity index is 638. The SMILES string of the molecule is COC(=O)C[C@H]1CC=CC(=O)/C1=C(O)/C=C/c1ccccc1. The molecule has 114 valence electrons. The molecule has 0 radical (unpaired) electrons. The van der Waals surface area contributed by atoms with Crippen molar-refractivity contribution >= 4 is 17.8 Å². The van der Waals surface area contributed by atoms with E-state index >= 15 is 0 Å². The molecule has 0 saturated heterocycles. The minimum Gasteiger partial charge on any atom is -0.508 e. The van der Waals surface area contributed by atoms with Gasteiger partial charge in [-0.25, -0.2) is 0 Å². The average molecular weight is 298 g/mol. The van der Waals surface area contributed by atoms with Crippen molar-refractivity contribution in [2.24, 2.45) is 5.92 Å². The number of allylic oxidation sites excluding steroid dienone is 4. The molecule has 0 amide bonds. The highest BCUT2D eigenvalue weighted by Gasteiger charge is 2.27. The van der Waals surface area contributed by atoms with E-state index in [2.05, 4.69) is 4.74 Å².